The Hall–Kier alpha value is -1.27. The minimum absolute atomic E-state index is 0.122. The minimum Gasteiger partial charge on any atom is -0.373 e. The fraction of sp³-hybridized carbons (Fsp3) is 0.438. The molecule has 0 saturated carbocycles. The molecule has 0 bridgehead atoms. The first-order valence-electron chi connectivity index (χ1n) is 7.33. The number of aromatic nitrogens is 1. The third-order valence-corrected chi connectivity index (χ3v) is 4.90. The van der Waals surface area contributed by atoms with E-state index in [1.165, 1.54) is 11.1 Å². The molecule has 3 rings (SSSR count). The molecule has 0 aliphatic carbocycles. The Morgan fingerprint density at radius 3 is 3.10 bits per heavy atom. The van der Waals surface area contributed by atoms with E-state index in [0.29, 0.717) is 0 Å². The van der Waals surface area contributed by atoms with Crippen molar-refractivity contribution in [1.29, 1.82) is 0 Å². The number of nitrogens with two attached hydrogens (primary N) is 1. The molecule has 0 spiro atoms. The van der Waals surface area contributed by atoms with Crippen LogP contribution in [0, 0.1) is 6.92 Å². The summed E-state index contributed by atoms with van der Waals surface area (Å²) in [6.07, 6.45) is 2.83. The molecule has 0 amide bonds. The SMILES string of the molecule is Cc1csc(CC(CC2OCCc3ccccc32)NN)n1. The lowest BCUT2D eigenvalue weighted by molar-refractivity contribution is 0.0294. The molecular weight excluding hydrogens is 282 g/mol. The van der Waals surface area contributed by atoms with Gasteiger partial charge >= 0.3 is 0 Å². The normalized spacial score (nSPS) is 19.2. The number of hydrogen-bond acceptors (Lipinski definition) is 5. The van der Waals surface area contributed by atoms with Gasteiger partial charge in [0.05, 0.1) is 17.7 Å². The summed E-state index contributed by atoms with van der Waals surface area (Å²) in [5.41, 5.74) is 6.70. The Bertz CT molecular complexity index is 599. The van der Waals surface area contributed by atoms with Crippen LogP contribution < -0.4 is 11.3 Å². The van der Waals surface area contributed by atoms with Gasteiger partial charge in [0.15, 0.2) is 0 Å². The second-order valence-corrected chi connectivity index (χ2v) is 6.44. The number of nitrogens with one attached hydrogen (secondary N) is 1. The fourth-order valence-electron chi connectivity index (χ4n) is 2.85. The number of rotatable bonds is 5. The van der Waals surface area contributed by atoms with Crippen molar-refractivity contribution in [2.45, 2.75) is 38.3 Å². The lowest BCUT2D eigenvalue weighted by atomic mass is 9.93. The van der Waals surface area contributed by atoms with Crippen LogP contribution in [0.15, 0.2) is 29.6 Å². The lowest BCUT2D eigenvalue weighted by Gasteiger charge is -2.29. The second-order valence-electron chi connectivity index (χ2n) is 5.49. The molecule has 0 saturated heterocycles. The quantitative estimate of drug-likeness (QED) is 0.658. The molecule has 3 N–H and O–H groups in total. The monoisotopic (exact) mass is 303 g/mol. The van der Waals surface area contributed by atoms with E-state index in [4.69, 9.17) is 10.6 Å². The van der Waals surface area contributed by atoms with Crippen molar-refractivity contribution in [3.63, 3.8) is 0 Å². The maximum Gasteiger partial charge on any atom is 0.0944 e. The van der Waals surface area contributed by atoms with Gasteiger partial charge < -0.3 is 4.74 Å². The van der Waals surface area contributed by atoms with Crippen molar-refractivity contribution in [3.8, 4) is 0 Å². The van der Waals surface area contributed by atoms with E-state index in [9.17, 15) is 0 Å². The number of hydrogen-bond donors (Lipinski definition) is 2. The van der Waals surface area contributed by atoms with Gasteiger partial charge in [-0.15, -0.1) is 11.3 Å². The molecule has 1 aromatic heterocycles. The molecule has 1 aromatic carbocycles. The maximum absolute atomic E-state index is 5.97. The van der Waals surface area contributed by atoms with Gasteiger partial charge in [0.25, 0.3) is 0 Å². The molecule has 21 heavy (non-hydrogen) atoms. The Morgan fingerprint density at radius 2 is 2.33 bits per heavy atom. The highest BCUT2D eigenvalue weighted by Crippen LogP contribution is 2.31. The molecule has 2 unspecified atom stereocenters. The van der Waals surface area contributed by atoms with Crippen molar-refractivity contribution >= 4 is 11.3 Å². The smallest absolute Gasteiger partial charge is 0.0944 e. The Kier molecular flexibility index (Phi) is 4.65. The fourth-order valence-corrected chi connectivity index (χ4v) is 3.70. The van der Waals surface area contributed by atoms with Crippen molar-refractivity contribution in [3.05, 3.63) is 51.5 Å². The molecule has 0 fully saturated rings. The predicted octanol–water partition coefficient (Wildman–Crippen LogP) is 2.53. The molecular formula is C16H21N3OS. The summed E-state index contributed by atoms with van der Waals surface area (Å²) in [7, 11) is 0. The first-order chi connectivity index (χ1) is 10.3. The number of ether oxygens (including phenoxy) is 1. The van der Waals surface area contributed by atoms with Gasteiger partial charge in [-0.05, 0) is 30.9 Å². The van der Waals surface area contributed by atoms with Gasteiger partial charge in [0, 0.05) is 23.5 Å². The van der Waals surface area contributed by atoms with Crippen LogP contribution in [0.4, 0.5) is 0 Å². The first-order valence-corrected chi connectivity index (χ1v) is 8.20. The van der Waals surface area contributed by atoms with Crippen molar-refractivity contribution in [2.24, 2.45) is 5.84 Å². The Balaban J connectivity index is 1.70. The molecule has 2 heterocycles. The molecule has 5 heteroatoms. The van der Waals surface area contributed by atoms with E-state index in [2.05, 4.69) is 40.1 Å². The van der Waals surface area contributed by atoms with Crippen LogP contribution in [0.3, 0.4) is 0 Å². The van der Waals surface area contributed by atoms with Gasteiger partial charge in [-0.3, -0.25) is 11.3 Å². The molecule has 1 aliphatic rings. The highest BCUT2D eigenvalue weighted by atomic mass is 32.1. The minimum atomic E-state index is 0.122. The highest BCUT2D eigenvalue weighted by molar-refractivity contribution is 7.09. The zero-order valence-electron chi connectivity index (χ0n) is 12.2. The van der Waals surface area contributed by atoms with E-state index < -0.39 is 0 Å². The number of fused-ring (bicyclic) bond motifs is 1. The van der Waals surface area contributed by atoms with Crippen LogP contribution in [0.25, 0.3) is 0 Å². The number of nitrogens with zero attached hydrogens (tertiary/aromatic N) is 1. The largest absolute Gasteiger partial charge is 0.373 e. The van der Waals surface area contributed by atoms with Crippen LogP contribution in [-0.2, 0) is 17.6 Å². The Labute approximate surface area is 129 Å². The van der Waals surface area contributed by atoms with Crippen molar-refractivity contribution < 1.29 is 4.74 Å². The van der Waals surface area contributed by atoms with Crippen LogP contribution in [0.5, 0.6) is 0 Å². The summed E-state index contributed by atoms with van der Waals surface area (Å²) in [4.78, 5) is 4.52. The van der Waals surface area contributed by atoms with Crippen LogP contribution >= 0.6 is 11.3 Å². The third-order valence-electron chi connectivity index (χ3n) is 3.91. The Morgan fingerprint density at radius 1 is 1.48 bits per heavy atom. The van der Waals surface area contributed by atoms with E-state index in [1.54, 1.807) is 11.3 Å². The molecule has 2 atom stereocenters. The summed E-state index contributed by atoms with van der Waals surface area (Å²) in [5, 5.41) is 3.20. The number of benzene rings is 1. The van der Waals surface area contributed by atoms with Crippen LogP contribution in [-0.4, -0.2) is 17.6 Å². The van der Waals surface area contributed by atoms with Gasteiger partial charge in [0.2, 0.25) is 0 Å². The molecule has 4 nitrogen and oxygen atoms in total. The molecule has 1 aliphatic heterocycles. The van der Waals surface area contributed by atoms with Gasteiger partial charge in [-0.2, -0.15) is 0 Å². The standard InChI is InChI=1S/C16H21N3OS/c1-11-10-21-16(18-11)9-13(19-17)8-15-14-5-3-2-4-12(14)6-7-20-15/h2-5,10,13,15,19H,6-9,17H2,1H3. The number of aryl methyl sites for hydroxylation is 1. The van der Waals surface area contributed by atoms with Crippen molar-refractivity contribution in [1.82, 2.24) is 10.4 Å². The zero-order valence-corrected chi connectivity index (χ0v) is 13.0. The van der Waals surface area contributed by atoms with Crippen LogP contribution in [0.1, 0.15) is 34.4 Å². The van der Waals surface area contributed by atoms with Gasteiger partial charge in [-0.25, -0.2) is 4.98 Å². The lowest BCUT2D eigenvalue weighted by Crippen LogP contribution is -2.38. The van der Waals surface area contributed by atoms with E-state index in [0.717, 1.165) is 36.6 Å². The molecule has 0 radical (unpaired) electrons. The number of thiazole rings is 1. The zero-order chi connectivity index (χ0) is 14.7. The summed E-state index contributed by atoms with van der Waals surface area (Å²) in [5.74, 6) is 5.74. The van der Waals surface area contributed by atoms with E-state index >= 15 is 0 Å². The van der Waals surface area contributed by atoms with E-state index in [-0.39, 0.29) is 12.1 Å². The van der Waals surface area contributed by atoms with Gasteiger partial charge in [0.1, 0.15) is 0 Å². The van der Waals surface area contributed by atoms with Gasteiger partial charge in [-0.1, -0.05) is 24.3 Å². The number of hydrazine groups is 1. The van der Waals surface area contributed by atoms with E-state index in [1.807, 2.05) is 6.92 Å². The maximum atomic E-state index is 5.97. The summed E-state index contributed by atoms with van der Waals surface area (Å²) in [6.45, 7) is 2.81. The molecule has 112 valence electrons. The topological polar surface area (TPSA) is 60.2 Å². The predicted molar refractivity (Wildman–Crippen MR) is 85.1 cm³/mol. The average Bonchev–Trinajstić information content (AvgIpc) is 2.92. The third kappa shape index (κ3) is 3.49. The molecule has 2 aromatic rings. The highest BCUT2D eigenvalue weighted by Gasteiger charge is 2.24. The second kappa shape index (κ2) is 6.66. The van der Waals surface area contributed by atoms with Crippen LogP contribution in [0.2, 0.25) is 0 Å². The first kappa shape index (κ1) is 14.7. The summed E-state index contributed by atoms with van der Waals surface area (Å²) in [6, 6.07) is 8.71. The summed E-state index contributed by atoms with van der Waals surface area (Å²) < 4.78 is 5.97. The average molecular weight is 303 g/mol. The van der Waals surface area contributed by atoms with Crippen molar-refractivity contribution in [2.75, 3.05) is 6.61 Å². The summed E-state index contributed by atoms with van der Waals surface area (Å²) >= 11 is 1.69.